The van der Waals surface area contributed by atoms with E-state index in [1.54, 1.807) is 28.9 Å². The molecule has 0 saturated carbocycles. The zero-order valence-corrected chi connectivity index (χ0v) is 16.4. The van der Waals surface area contributed by atoms with Crippen molar-refractivity contribution in [2.75, 3.05) is 26.2 Å². The summed E-state index contributed by atoms with van der Waals surface area (Å²) < 4.78 is 28.6. The third-order valence-corrected chi connectivity index (χ3v) is 7.07. The third-order valence-electron chi connectivity index (χ3n) is 4.43. The van der Waals surface area contributed by atoms with Gasteiger partial charge in [0.25, 0.3) is 0 Å². The van der Waals surface area contributed by atoms with Crippen LogP contribution < -0.4 is 0 Å². The van der Waals surface area contributed by atoms with E-state index in [1.165, 1.54) is 4.31 Å². The van der Waals surface area contributed by atoms with Crippen molar-refractivity contribution >= 4 is 33.2 Å². The molecule has 9 heteroatoms. The first kappa shape index (κ1) is 18.7. The summed E-state index contributed by atoms with van der Waals surface area (Å²) in [5.41, 5.74) is 1.90. The molecule has 0 bridgehead atoms. The van der Waals surface area contributed by atoms with Gasteiger partial charge in [0.05, 0.1) is 10.6 Å². The van der Waals surface area contributed by atoms with Gasteiger partial charge >= 0.3 is 0 Å². The van der Waals surface area contributed by atoms with E-state index in [9.17, 15) is 8.42 Å². The standard InChI is InChI=1S/C16H20Cl2N4O2S/c1-12-15(16(18)20(2)19-12)11-21-7-9-22(10-8-21)25(23,24)14-5-3-13(17)4-6-14/h3-6H,7-11H2,1-2H3. The molecule has 1 aromatic carbocycles. The van der Waals surface area contributed by atoms with Gasteiger partial charge < -0.3 is 0 Å². The summed E-state index contributed by atoms with van der Waals surface area (Å²) in [6.07, 6.45) is 0. The highest BCUT2D eigenvalue weighted by molar-refractivity contribution is 7.89. The maximum Gasteiger partial charge on any atom is 0.243 e. The predicted molar refractivity (Wildman–Crippen MR) is 98.4 cm³/mol. The molecule has 0 unspecified atom stereocenters. The lowest BCUT2D eigenvalue weighted by Gasteiger charge is -2.34. The lowest BCUT2D eigenvalue weighted by molar-refractivity contribution is 0.181. The third kappa shape index (κ3) is 3.85. The van der Waals surface area contributed by atoms with Crippen LogP contribution in [0.2, 0.25) is 10.2 Å². The Balaban J connectivity index is 1.66. The Morgan fingerprint density at radius 3 is 2.20 bits per heavy atom. The van der Waals surface area contributed by atoms with Crippen LogP contribution in [0.3, 0.4) is 0 Å². The average Bonchev–Trinajstić information content (AvgIpc) is 2.82. The van der Waals surface area contributed by atoms with E-state index in [0.717, 1.165) is 11.3 Å². The van der Waals surface area contributed by atoms with Crippen LogP contribution in [-0.2, 0) is 23.6 Å². The minimum atomic E-state index is -3.48. The van der Waals surface area contributed by atoms with Gasteiger partial charge in [-0.15, -0.1) is 0 Å². The Bertz CT molecular complexity index is 857. The number of halogens is 2. The van der Waals surface area contributed by atoms with Crippen LogP contribution >= 0.6 is 23.2 Å². The van der Waals surface area contributed by atoms with Crippen LogP contribution in [0.5, 0.6) is 0 Å². The molecule has 0 radical (unpaired) electrons. The van der Waals surface area contributed by atoms with Crippen molar-refractivity contribution in [3.8, 4) is 0 Å². The molecule has 0 amide bonds. The number of piperazine rings is 1. The zero-order chi connectivity index (χ0) is 18.2. The lowest BCUT2D eigenvalue weighted by atomic mass is 10.2. The van der Waals surface area contributed by atoms with Gasteiger partial charge in [-0.05, 0) is 31.2 Å². The molecule has 0 spiro atoms. The minimum Gasteiger partial charge on any atom is -0.296 e. The molecular weight excluding hydrogens is 383 g/mol. The van der Waals surface area contributed by atoms with E-state index in [1.807, 2.05) is 14.0 Å². The van der Waals surface area contributed by atoms with Gasteiger partial charge in [0.1, 0.15) is 5.15 Å². The molecule has 2 heterocycles. The average molecular weight is 403 g/mol. The molecule has 0 aliphatic carbocycles. The fourth-order valence-electron chi connectivity index (χ4n) is 2.96. The van der Waals surface area contributed by atoms with Crippen LogP contribution in [0.15, 0.2) is 29.2 Å². The monoisotopic (exact) mass is 402 g/mol. The Labute approximate surface area is 158 Å². The molecule has 1 aliphatic rings. The highest BCUT2D eigenvalue weighted by Crippen LogP contribution is 2.23. The number of aryl methyl sites for hydroxylation is 2. The van der Waals surface area contributed by atoms with E-state index in [-0.39, 0.29) is 4.90 Å². The Kier molecular flexibility index (Phi) is 5.41. The first-order valence-corrected chi connectivity index (χ1v) is 10.1. The molecule has 6 nitrogen and oxygen atoms in total. The highest BCUT2D eigenvalue weighted by atomic mass is 35.5. The first-order valence-electron chi connectivity index (χ1n) is 7.95. The van der Waals surface area contributed by atoms with Crippen LogP contribution in [-0.4, -0.2) is 53.6 Å². The van der Waals surface area contributed by atoms with E-state index in [2.05, 4.69) is 10.00 Å². The molecule has 1 fully saturated rings. The van der Waals surface area contributed by atoms with Crippen LogP contribution in [0.1, 0.15) is 11.3 Å². The summed E-state index contributed by atoms with van der Waals surface area (Å²) in [6, 6.07) is 6.28. The van der Waals surface area contributed by atoms with Crippen LogP contribution in [0.25, 0.3) is 0 Å². The van der Waals surface area contributed by atoms with Gasteiger partial charge in [-0.25, -0.2) is 8.42 Å². The van der Waals surface area contributed by atoms with Gasteiger partial charge in [-0.2, -0.15) is 9.40 Å². The normalized spacial score (nSPS) is 17.1. The van der Waals surface area contributed by atoms with E-state index >= 15 is 0 Å². The number of benzene rings is 1. The number of nitrogens with zero attached hydrogens (tertiary/aromatic N) is 4. The fourth-order valence-corrected chi connectivity index (χ4v) is 4.74. The van der Waals surface area contributed by atoms with Crippen molar-refractivity contribution < 1.29 is 8.42 Å². The second-order valence-corrected chi connectivity index (χ2v) is 8.84. The largest absolute Gasteiger partial charge is 0.296 e. The number of hydrogen-bond donors (Lipinski definition) is 0. The van der Waals surface area contributed by atoms with Crippen LogP contribution in [0, 0.1) is 6.92 Å². The fraction of sp³-hybridized carbons (Fsp3) is 0.438. The summed E-state index contributed by atoms with van der Waals surface area (Å²) in [7, 11) is -1.67. The molecule has 0 N–H and O–H groups in total. The summed E-state index contributed by atoms with van der Waals surface area (Å²) in [6.45, 7) is 4.80. The lowest BCUT2D eigenvalue weighted by Crippen LogP contribution is -2.48. The molecule has 25 heavy (non-hydrogen) atoms. The molecule has 2 aromatic rings. The van der Waals surface area contributed by atoms with Crippen molar-refractivity contribution in [3.63, 3.8) is 0 Å². The molecule has 136 valence electrons. The van der Waals surface area contributed by atoms with E-state index in [4.69, 9.17) is 23.2 Å². The van der Waals surface area contributed by atoms with E-state index in [0.29, 0.717) is 42.9 Å². The maximum absolute atomic E-state index is 12.7. The molecule has 3 rings (SSSR count). The number of rotatable bonds is 4. The summed E-state index contributed by atoms with van der Waals surface area (Å²) >= 11 is 12.1. The predicted octanol–water partition coefficient (Wildman–Crippen LogP) is 2.54. The Morgan fingerprint density at radius 1 is 1.08 bits per heavy atom. The van der Waals surface area contributed by atoms with Gasteiger partial charge in [0.2, 0.25) is 10.0 Å². The molecule has 1 aromatic heterocycles. The number of hydrogen-bond acceptors (Lipinski definition) is 4. The van der Waals surface area contributed by atoms with Gasteiger partial charge in [0, 0.05) is 50.4 Å². The summed E-state index contributed by atoms with van der Waals surface area (Å²) in [5, 5.41) is 5.47. The van der Waals surface area contributed by atoms with Crippen molar-refractivity contribution in [1.82, 2.24) is 19.0 Å². The Morgan fingerprint density at radius 2 is 1.68 bits per heavy atom. The van der Waals surface area contributed by atoms with Gasteiger partial charge in [0.15, 0.2) is 0 Å². The number of sulfonamides is 1. The molecule has 1 saturated heterocycles. The summed E-state index contributed by atoms with van der Waals surface area (Å²) in [4.78, 5) is 2.47. The van der Waals surface area contributed by atoms with E-state index < -0.39 is 10.0 Å². The summed E-state index contributed by atoms with van der Waals surface area (Å²) in [5.74, 6) is 0. The second kappa shape index (κ2) is 7.25. The van der Waals surface area contributed by atoms with Gasteiger partial charge in [-0.1, -0.05) is 23.2 Å². The smallest absolute Gasteiger partial charge is 0.243 e. The zero-order valence-electron chi connectivity index (χ0n) is 14.1. The minimum absolute atomic E-state index is 0.275. The van der Waals surface area contributed by atoms with Crippen molar-refractivity contribution in [3.05, 3.63) is 45.7 Å². The van der Waals surface area contributed by atoms with Gasteiger partial charge in [-0.3, -0.25) is 9.58 Å². The van der Waals surface area contributed by atoms with Crippen molar-refractivity contribution in [2.45, 2.75) is 18.4 Å². The van der Waals surface area contributed by atoms with Crippen LogP contribution in [0.4, 0.5) is 0 Å². The molecule has 0 atom stereocenters. The van der Waals surface area contributed by atoms with Crippen molar-refractivity contribution in [1.29, 1.82) is 0 Å². The SMILES string of the molecule is Cc1nn(C)c(Cl)c1CN1CCN(S(=O)(=O)c2ccc(Cl)cc2)CC1. The number of aromatic nitrogens is 2. The topological polar surface area (TPSA) is 58.4 Å². The quantitative estimate of drug-likeness (QED) is 0.788. The maximum atomic E-state index is 12.7. The second-order valence-electron chi connectivity index (χ2n) is 6.11. The molecule has 1 aliphatic heterocycles. The van der Waals surface area contributed by atoms with Crippen molar-refractivity contribution in [2.24, 2.45) is 7.05 Å². The first-order chi connectivity index (χ1) is 11.8. The highest BCUT2D eigenvalue weighted by Gasteiger charge is 2.29. The Hall–Kier alpha value is -1.12. The molecular formula is C16H20Cl2N4O2S.